The Balaban J connectivity index is 1.79. The summed E-state index contributed by atoms with van der Waals surface area (Å²) in [6, 6.07) is 4.33. The maximum absolute atomic E-state index is 5.52. The summed E-state index contributed by atoms with van der Waals surface area (Å²) in [5.74, 6) is 1.15. The summed E-state index contributed by atoms with van der Waals surface area (Å²) in [5.41, 5.74) is 0. The van der Waals surface area contributed by atoms with Gasteiger partial charge in [-0.2, -0.15) is 11.8 Å². The molecule has 0 radical (unpaired) electrons. The molecule has 3 heteroatoms. The van der Waals surface area contributed by atoms with Gasteiger partial charge in [-0.15, -0.1) is 11.3 Å². The second-order valence-corrected chi connectivity index (χ2v) is 5.55. The lowest BCUT2D eigenvalue weighted by atomic mass is 10.3. The molecular weight excluding hydrogens is 200 g/mol. The first-order chi connectivity index (χ1) is 6.36. The van der Waals surface area contributed by atoms with Crippen molar-refractivity contribution in [3.05, 3.63) is 22.4 Å². The average molecular weight is 214 g/mol. The van der Waals surface area contributed by atoms with Crippen LogP contribution in [-0.4, -0.2) is 18.0 Å². The summed E-state index contributed by atoms with van der Waals surface area (Å²) >= 11 is 3.88. The van der Waals surface area contributed by atoms with Gasteiger partial charge in [0, 0.05) is 22.5 Å². The highest BCUT2D eigenvalue weighted by Crippen LogP contribution is 2.29. The van der Waals surface area contributed by atoms with Gasteiger partial charge in [0.2, 0.25) is 0 Å². The summed E-state index contributed by atoms with van der Waals surface area (Å²) in [6.45, 7) is 3.13. The second kappa shape index (κ2) is 4.49. The van der Waals surface area contributed by atoms with Crippen LogP contribution in [0.25, 0.3) is 0 Å². The third kappa shape index (κ3) is 2.48. The van der Waals surface area contributed by atoms with Crippen LogP contribution in [0.1, 0.15) is 18.2 Å². The minimum Gasteiger partial charge on any atom is -0.377 e. The van der Waals surface area contributed by atoms with E-state index in [-0.39, 0.29) is 0 Å². The van der Waals surface area contributed by atoms with Crippen LogP contribution in [0, 0.1) is 0 Å². The van der Waals surface area contributed by atoms with Gasteiger partial charge < -0.3 is 4.74 Å². The molecule has 1 aliphatic rings. The van der Waals surface area contributed by atoms with Crippen molar-refractivity contribution in [1.82, 2.24) is 0 Å². The predicted octanol–water partition coefficient (Wildman–Crippen LogP) is 3.16. The maximum Gasteiger partial charge on any atom is 0.0666 e. The monoisotopic (exact) mass is 214 g/mol. The lowest BCUT2D eigenvalue weighted by molar-refractivity contribution is 0.127. The zero-order valence-electron chi connectivity index (χ0n) is 7.73. The quantitative estimate of drug-likeness (QED) is 0.764. The first kappa shape index (κ1) is 9.56. The zero-order chi connectivity index (χ0) is 9.10. The van der Waals surface area contributed by atoms with Crippen molar-refractivity contribution >= 4 is 23.1 Å². The highest BCUT2D eigenvalue weighted by atomic mass is 32.2. The molecule has 1 fully saturated rings. The number of hydrogen-bond acceptors (Lipinski definition) is 3. The largest absolute Gasteiger partial charge is 0.377 e. The van der Waals surface area contributed by atoms with Crippen molar-refractivity contribution < 1.29 is 4.74 Å². The Morgan fingerprint density at radius 3 is 3.23 bits per heavy atom. The molecule has 2 rings (SSSR count). The van der Waals surface area contributed by atoms with Crippen LogP contribution >= 0.6 is 23.1 Å². The molecule has 0 aliphatic carbocycles. The molecule has 0 spiro atoms. The maximum atomic E-state index is 5.52. The topological polar surface area (TPSA) is 9.23 Å². The molecule has 1 nitrogen and oxygen atoms in total. The molecule has 0 amide bonds. The van der Waals surface area contributed by atoms with Crippen molar-refractivity contribution in [2.75, 3.05) is 6.61 Å². The van der Waals surface area contributed by atoms with Gasteiger partial charge in [0.05, 0.1) is 6.10 Å². The van der Waals surface area contributed by atoms with E-state index in [0.717, 1.165) is 12.4 Å². The van der Waals surface area contributed by atoms with E-state index < -0.39 is 0 Å². The molecule has 0 saturated carbocycles. The normalized spacial score (nSPS) is 28.1. The molecule has 1 aliphatic heterocycles. The molecule has 1 aromatic heterocycles. The third-order valence-electron chi connectivity index (χ3n) is 2.33. The molecule has 0 aromatic carbocycles. The number of thioether (sulfide) groups is 1. The van der Waals surface area contributed by atoms with Crippen LogP contribution < -0.4 is 0 Å². The molecule has 2 unspecified atom stereocenters. The lowest BCUT2D eigenvalue weighted by Gasteiger charge is -2.12. The molecule has 13 heavy (non-hydrogen) atoms. The van der Waals surface area contributed by atoms with E-state index in [1.807, 2.05) is 23.1 Å². The van der Waals surface area contributed by atoms with Crippen molar-refractivity contribution in [2.45, 2.75) is 30.5 Å². The molecule has 0 N–H and O–H groups in total. The van der Waals surface area contributed by atoms with Crippen molar-refractivity contribution in [1.29, 1.82) is 0 Å². The van der Waals surface area contributed by atoms with E-state index in [1.54, 1.807) is 0 Å². The van der Waals surface area contributed by atoms with Crippen LogP contribution in [0.5, 0.6) is 0 Å². The lowest BCUT2D eigenvalue weighted by Crippen LogP contribution is -2.13. The van der Waals surface area contributed by atoms with Crippen LogP contribution in [-0.2, 0) is 10.5 Å². The van der Waals surface area contributed by atoms with E-state index in [2.05, 4.69) is 24.4 Å². The Bertz CT molecular complexity index is 245. The number of thiophene rings is 1. The van der Waals surface area contributed by atoms with Crippen molar-refractivity contribution in [2.24, 2.45) is 0 Å². The van der Waals surface area contributed by atoms with Gasteiger partial charge in [0.15, 0.2) is 0 Å². The number of hydrogen-bond donors (Lipinski definition) is 0. The Hall–Kier alpha value is 0.01000. The Kier molecular flexibility index (Phi) is 3.30. The highest BCUT2D eigenvalue weighted by Gasteiger charge is 2.24. The van der Waals surface area contributed by atoms with Gasteiger partial charge in [0.25, 0.3) is 0 Å². The fraction of sp³-hybridized carbons (Fsp3) is 0.600. The summed E-state index contributed by atoms with van der Waals surface area (Å²) < 4.78 is 5.52. The smallest absolute Gasteiger partial charge is 0.0666 e. The summed E-state index contributed by atoms with van der Waals surface area (Å²) in [7, 11) is 0. The Morgan fingerprint density at radius 2 is 2.62 bits per heavy atom. The van der Waals surface area contributed by atoms with Gasteiger partial charge in [-0.3, -0.25) is 0 Å². The van der Waals surface area contributed by atoms with E-state index in [0.29, 0.717) is 11.4 Å². The molecule has 72 valence electrons. The summed E-state index contributed by atoms with van der Waals surface area (Å²) in [6.07, 6.45) is 1.67. The van der Waals surface area contributed by atoms with E-state index >= 15 is 0 Å². The van der Waals surface area contributed by atoms with Crippen molar-refractivity contribution in [3.8, 4) is 0 Å². The number of rotatable bonds is 3. The average Bonchev–Trinajstić information content (AvgIpc) is 2.72. The Morgan fingerprint density at radius 1 is 1.69 bits per heavy atom. The highest BCUT2D eigenvalue weighted by molar-refractivity contribution is 7.99. The van der Waals surface area contributed by atoms with Crippen LogP contribution in [0.4, 0.5) is 0 Å². The standard InChI is InChI=1S/C10H14OS2/c1-8-10(4-5-11-8)13-7-9-3-2-6-12-9/h2-3,6,8,10H,4-5,7H2,1H3. The fourth-order valence-electron chi connectivity index (χ4n) is 1.51. The molecule has 2 atom stereocenters. The predicted molar refractivity (Wildman–Crippen MR) is 59.4 cm³/mol. The van der Waals surface area contributed by atoms with Gasteiger partial charge >= 0.3 is 0 Å². The van der Waals surface area contributed by atoms with Gasteiger partial charge in [-0.1, -0.05) is 6.07 Å². The van der Waals surface area contributed by atoms with E-state index in [1.165, 1.54) is 11.3 Å². The third-order valence-corrected chi connectivity index (χ3v) is 4.91. The van der Waals surface area contributed by atoms with Crippen molar-refractivity contribution in [3.63, 3.8) is 0 Å². The Labute approximate surface area is 87.5 Å². The minimum absolute atomic E-state index is 0.449. The first-order valence-electron chi connectivity index (χ1n) is 4.62. The second-order valence-electron chi connectivity index (χ2n) is 3.29. The van der Waals surface area contributed by atoms with Gasteiger partial charge in [0.1, 0.15) is 0 Å². The molecule has 2 heterocycles. The SMILES string of the molecule is CC1OCCC1SCc1cccs1. The van der Waals surface area contributed by atoms with Crippen LogP contribution in [0.3, 0.4) is 0 Å². The van der Waals surface area contributed by atoms with Crippen LogP contribution in [0.2, 0.25) is 0 Å². The molecule has 1 aromatic rings. The first-order valence-corrected chi connectivity index (χ1v) is 6.54. The van der Waals surface area contributed by atoms with Crippen LogP contribution in [0.15, 0.2) is 17.5 Å². The van der Waals surface area contributed by atoms with E-state index in [9.17, 15) is 0 Å². The number of ether oxygens (including phenoxy) is 1. The molecule has 1 saturated heterocycles. The molecular formula is C10H14OS2. The summed E-state index contributed by atoms with van der Waals surface area (Å²) in [5, 5.41) is 2.85. The molecule has 0 bridgehead atoms. The van der Waals surface area contributed by atoms with E-state index in [4.69, 9.17) is 4.74 Å². The summed E-state index contributed by atoms with van der Waals surface area (Å²) in [4.78, 5) is 1.48. The van der Waals surface area contributed by atoms with Gasteiger partial charge in [-0.25, -0.2) is 0 Å². The minimum atomic E-state index is 0.449. The fourth-order valence-corrected chi connectivity index (χ4v) is 3.57. The zero-order valence-corrected chi connectivity index (χ0v) is 9.37. The van der Waals surface area contributed by atoms with Gasteiger partial charge in [-0.05, 0) is 24.8 Å².